The van der Waals surface area contributed by atoms with E-state index in [9.17, 15) is 4.39 Å². The Hall–Kier alpha value is -2.60. The van der Waals surface area contributed by atoms with E-state index in [4.69, 9.17) is 4.74 Å². The molecule has 2 N–H and O–H groups in total. The first-order chi connectivity index (χ1) is 13.7. The number of fused-ring (bicyclic) bond motifs is 1. The van der Waals surface area contributed by atoms with E-state index in [1.807, 2.05) is 43.5 Å². The third-order valence-electron chi connectivity index (χ3n) is 4.58. The molecule has 0 fully saturated rings. The van der Waals surface area contributed by atoms with Gasteiger partial charge in [-0.1, -0.05) is 18.2 Å². The number of hydrogen-bond donors (Lipinski definition) is 2. The van der Waals surface area contributed by atoms with Crippen molar-refractivity contribution in [2.75, 3.05) is 13.2 Å². The number of benzene rings is 2. The lowest BCUT2D eigenvalue weighted by Gasteiger charge is -2.09. The molecule has 0 saturated carbocycles. The number of aromatic nitrogens is 2. The van der Waals surface area contributed by atoms with E-state index in [0.29, 0.717) is 19.7 Å². The van der Waals surface area contributed by atoms with Gasteiger partial charge >= 0.3 is 0 Å². The smallest absolute Gasteiger partial charge is 0.128 e. The molecular weight excluding hydrogens is 424 g/mol. The van der Waals surface area contributed by atoms with E-state index in [-0.39, 0.29) is 30.6 Å². The largest absolute Gasteiger partial charge is 0.492 e. The average Bonchev–Trinajstić information content (AvgIpc) is 3.09. The van der Waals surface area contributed by atoms with E-state index in [2.05, 4.69) is 21.4 Å². The fourth-order valence-corrected chi connectivity index (χ4v) is 3.27. The number of aromatic amines is 1. The van der Waals surface area contributed by atoms with Crippen molar-refractivity contribution in [3.05, 3.63) is 84.1 Å². The standard InChI is InChI=1S/C23H22FN3O.2ClH/c1-16-10-21-22(27-16)6-3-7-23(21)28-9-8-25-13-17-11-19(15-26-14-17)18-4-2-5-20(24)12-18;;/h2-7,10-12,14-15,25,27H,8-9,13H2,1H3;2*1H. The predicted molar refractivity (Wildman–Crippen MR) is 124 cm³/mol. The van der Waals surface area contributed by atoms with Crippen LogP contribution in [-0.2, 0) is 6.54 Å². The summed E-state index contributed by atoms with van der Waals surface area (Å²) in [5, 5.41) is 4.47. The SMILES string of the molecule is Cc1cc2c(OCCNCc3cncc(-c4cccc(F)c4)c3)cccc2[nH]1.Cl.Cl. The lowest BCUT2D eigenvalue weighted by molar-refractivity contribution is 0.317. The van der Waals surface area contributed by atoms with Gasteiger partial charge in [-0.15, -0.1) is 24.8 Å². The molecule has 158 valence electrons. The van der Waals surface area contributed by atoms with Crippen molar-refractivity contribution >= 4 is 35.7 Å². The maximum atomic E-state index is 13.4. The highest BCUT2D eigenvalue weighted by Gasteiger charge is 2.05. The minimum atomic E-state index is -0.245. The fourth-order valence-electron chi connectivity index (χ4n) is 3.27. The van der Waals surface area contributed by atoms with Gasteiger partial charge in [-0.2, -0.15) is 0 Å². The van der Waals surface area contributed by atoms with Gasteiger partial charge in [-0.3, -0.25) is 4.98 Å². The summed E-state index contributed by atoms with van der Waals surface area (Å²) in [6.45, 7) is 3.99. The summed E-state index contributed by atoms with van der Waals surface area (Å²) in [5.41, 5.74) is 4.99. The molecule has 0 spiro atoms. The van der Waals surface area contributed by atoms with E-state index in [1.54, 1.807) is 12.3 Å². The first kappa shape index (κ1) is 23.7. The van der Waals surface area contributed by atoms with Crippen LogP contribution in [0.25, 0.3) is 22.0 Å². The summed E-state index contributed by atoms with van der Waals surface area (Å²) in [6, 6.07) is 16.7. The predicted octanol–water partition coefficient (Wildman–Crippen LogP) is 5.69. The van der Waals surface area contributed by atoms with Crippen LogP contribution in [0.1, 0.15) is 11.3 Å². The van der Waals surface area contributed by atoms with Gasteiger partial charge in [0, 0.05) is 47.6 Å². The van der Waals surface area contributed by atoms with Gasteiger partial charge in [-0.05, 0) is 54.4 Å². The number of pyridine rings is 1. The lowest BCUT2D eigenvalue weighted by Crippen LogP contribution is -2.20. The molecule has 2 aromatic heterocycles. The topological polar surface area (TPSA) is 49.9 Å². The molecule has 0 aliphatic carbocycles. The molecule has 4 rings (SSSR count). The average molecular weight is 448 g/mol. The Bertz CT molecular complexity index is 1100. The number of rotatable bonds is 7. The maximum absolute atomic E-state index is 13.4. The Balaban J connectivity index is 0.00000160. The van der Waals surface area contributed by atoms with E-state index in [0.717, 1.165) is 39.0 Å². The van der Waals surface area contributed by atoms with Crippen LogP contribution in [0.3, 0.4) is 0 Å². The maximum Gasteiger partial charge on any atom is 0.128 e. The quantitative estimate of drug-likeness (QED) is 0.357. The second-order valence-electron chi connectivity index (χ2n) is 6.79. The summed E-state index contributed by atoms with van der Waals surface area (Å²) in [7, 11) is 0. The van der Waals surface area contributed by atoms with E-state index >= 15 is 0 Å². The molecule has 0 atom stereocenters. The molecule has 2 aromatic carbocycles. The third kappa shape index (κ3) is 5.72. The highest BCUT2D eigenvalue weighted by molar-refractivity contribution is 5.86. The molecule has 2 heterocycles. The van der Waals surface area contributed by atoms with Crippen molar-refractivity contribution in [2.45, 2.75) is 13.5 Å². The van der Waals surface area contributed by atoms with Crippen molar-refractivity contribution < 1.29 is 9.13 Å². The zero-order valence-electron chi connectivity index (χ0n) is 16.5. The number of nitrogens with one attached hydrogen (secondary N) is 2. The molecule has 0 radical (unpaired) electrons. The normalized spacial score (nSPS) is 10.3. The Morgan fingerprint density at radius 2 is 1.83 bits per heavy atom. The van der Waals surface area contributed by atoms with Gasteiger partial charge in [0.25, 0.3) is 0 Å². The van der Waals surface area contributed by atoms with Crippen molar-refractivity contribution in [1.29, 1.82) is 0 Å². The van der Waals surface area contributed by atoms with Crippen LogP contribution >= 0.6 is 24.8 Å². The second kappa shape index (κ2) is 11.0. The summed E-state index contributed by atoms with van der Waals surface area (Å²) >= 11 is 0. The number of H-pyrrole nitrogens is 1. The van der Waals surface area contributed by atoms with Gasteiger partial charge < -0.3 is 15.0 Å². The Kier molecular flexibility index (Phi) is 8.66. The molecule has 0 bridgehead atoms. The van der Waals surface area contributed by atoms with Crippen LogP contribution in [0.15, 0.2) is 67.0 Å². The number of halogens is 3. The monoisotopic (exact) mass is 447 g/mol. The van der Waals surface area contributed by atoms with Crippen LogP contribution in [-0.4, -0.2) is 23.1 Å². The zero-order chi connectivity index (χ0) is 19.3. The Morgan fingerprint density at radius 3 is 2.67 bits per heavy atom. The summed E-state index contributed by atoms with van der Waals surface area (Å²) in [6.07, 6.45) is 3.57. The molecule has 0 unspecified atom stereocenters. The molecule has 30 heavy (non-hydrogen) atoms. The van der Waals surface area contributed by atoms with Gasteiger partial charge in [0.1, 0.15) is 18.2 Å². The number of ether oxygens (including phenoxy) is 1. The molecule has 7 heteroatoms. The van der Waals surface area contributed by atoms with Crippen LogP contribution in [0.5, 0.6) is 5.75 Å². The van der Waals surface area contributed by atoms with Gasteiger partial charge in [-0.25, -0.2) is 4.39 Å². The van der Waals surface area contributed by atoms with Crippen LogP contribution < -0.4 is 10.1 Å². The summed E-state index contributed by atoms with van der Waals surface area (Å²) < 4.78 is 19.4. The molecule has 4 aromatic rings. The third-order valence-corrected chi connectivity index (χ3v) is 4.58. The molecule has 0 aliphatic heterocycles. The number of aryl methyl sites for hydroxylation is 1. The van der Waals surface area contributed by atoms with Crippen molar-refractivity contribution in [1.82, 2.24) is 15.3 Å². The van der Waals surface area contributed by atoms with Gasteiger partial charge in [0.2, 0.25) is 0 Å². The molecule has 0 amide bonds. The summed E-state index contributed by atoms with van der Waals surface area (Å²) in [5.74, 6) is 0.643. The summed E-state index contributed by atoms with van der Waals surface area (Å²) in [4.78, 5) is 7.59. The second-order valence-corrected chi connectivity index (χ2v) is 6.79. The molecular formula is C23H24Cl2FN3O. The Labute approximate surface area is 187 Å². The minimum absolute atomic E-state index is 0. The van der Waals surface area contributed by atoms with E-state index < -0.39 is 0 Å². The van der Waals surface area contributed by atoms with Gasteiger partial charge in [0.15, 0.2) is 0 Å². The van der Waals surface area contributed by atoms with Crippen LogP contribution in [0.2, 0.25) is 0 Å². The molecule has 4 nitrogen and oxygen atoms in total. The Morgan fingerprint density at radius 1 is 1.00 bits per heavy atom. The first-order valence-electron chi connectivity index (χ1n) is 9.31. The highest BCUT2D eigenvalue weighted by atomic mass is 35.5. The lowest BCUT2D eigenvalue weighted by atomic mass is 10.1. The minimum Gasteiger partial charge on any atom is -0.492 e. The highest BCUT2D eigenvalue weighted by Crippen LogP contribution is 2.26. The van der Waals surface area contributed by atoms with Crippen molar-refractivity contribution in [3.8, 4) is 16.9 Å². The van der Waals surface area contributed by atoms with Crippen molar-refractivity contribution in [2.24, 2.45) is 0 Å². The van der Waals surface area contributed by atoms with Crippen LogP contribution in [0, 0.1) is 12.7 Å². The first-order valence-corrected chi connectivity index (χ1v) is 9.31. The molecule has 0 saturated heterocycles. The van der Waals surface area contributed by atoms with Gasteiger partial charge in [0.05, 0.1) is 0 Å². The van der Waals surface area contributed by atoms with Crippen molar-refractivity contribution in [3.63, 3.8) is 0 Å². The zero-order valence-corrected chi connectivity index (χ0v) is 18.2. The number of nitrogens with zero attached hydrogens (tertiary/aromatic N) is 1. The number of hydrogen-bond acceptors (Lipinski definition) is 3. The van der Waals surface area contributed by atoms with Crippen LogP contribution in [0.4, 0.5) is 4.39 Å². The molecule has 0 aliphatic rings. The fraction of sp³-hybridized carbons (Fsp3) is 0.174. The van der Waals surface area contributed by atoms with E-state index in [1.165, 1.54) is 12.1 Å².